The summed E-state index contributed by atoms with van der Waals surface area (Å²) in [6.07, 6.45) is 4.67. The predicted octanol–water partition coefficient (Wildman–Crippen LogP) is 4.13. The molecule has 5 fully saturated rings. The maximum Gasteiger partial charge on any atom is 0.524 e. The van der Waals surface area contributed by atoms with E-state index in [-0.39, 0.29) is 27.5 Å². The molecule has 2 N–H and O–H groups in total. The Morgan fingerprint density at radius 2 is 1.82 bits per heavy atom. The minimum absolute atomic E-state index is 0.0597. The molecule has 4 bridgehead atoms. The maximum absolute atomic E-state index is 11.3. The fourth-order valence-electron chi connectivity index (χ4n) is 6.29. The van der Waals surface area contributed by atoms with Crippen molar-refractivity contribution in [3.8, 4) is 5.75 Å². The first-order valence-corrected chi connectivity index (χ1v) is 11.5. The van der Waals surface area contributed by atoms with E-state index in [1.54, 1.807) is 6.07 Å². The number of halogens is 2. The lowest BCUT2D eigenvalue weighted by molar-refractivity contribution is -0.645. The molecule has 4 aliphatic carbocycles. The first-order chi connectivity index (χ1) is 13.1. The smallest absolute Gasteiger partial charge is 0.404 e. The molecular formula is C18H21Cl2O7P. The molecule has 0 radical (unpaired) electrons. The summed E-state index contributed by atoms with van der Waals surface area (Å²) >= 11 is 13.1. The monoisotopic (exact) mass is 450 g/mol. The van der Waals surface area contributed by atoms with E-state index in [9.17, 15) is 4.57 Å². The second kappa shape index (κ2) is 6.08. The average molecular weight is 451 g/mol. The molecule has 1 aromatic carbocycles. The fourth-order valence-corrected chi connectivity index (χ4v) is 7.48. The number of rotatable bonds is 4. The van der Waals surface area contributed by atoms with Crippen LogP contribution in [0.4, 0.5) is 0 Å². The average Bonchev–Trinajstić information content (AvgIpc) is 2.50. The summed E-state index contributed by atoms with van der Waals surface area (Å²) in [4.78, 5) is 29.6. The molecular weight excluding hydrogens is 430 g/mol. The summed E-state index contributed by atoms with van der Waals surface area (Å²) in [6, 6.07) is 4.48. The van der Waals surface area contributed by atoms with Crippen molar-refractivity contribution in [3.05, 3.63) is 28.8 Å². The van der Waals surface area contributed by atoms with Crippen LogP contribution in [0, 0.1) is 17.8 Å². The highest BCUT2D eigenvalue weighted by Gasteiger charge is 2.78. The van der Waals surface area contributed by atoms with Crippen molar-refractivity contribution in [1.82, 2.24) is 0 Å². The van der Waals surface area contributed by atoms with Gasteiger partial charge in [0.15, 0.2) is 5.60 Å². The number of alkyl halides is 1. The third-order valence-electron chi connectivity index (χ3n) is 6.90. The van der Waals surface area contributed by atoms with Gasteiger partial charge < -0.3 is 9.26 Å². The predicted molar refractivity (Wildman–Crippen MR) is 99.9 cm³/mol. The Kier molecular flexibility index (Phi) is 4.25. The molecule has 0 aromatic heterocycles. The van der Waals surface area contributed by atoms with Crippen LogP contribution in [0.25, 0.3) is 0 Å². The van der Waals surface area contributed by atoms with E-state index < -0.39 is 19.2 Å². The van der Waals surface area contributed by atoms with E-state index in [1.807, 2.05) is 0 Å². The van der Waals surface area contributed by atoms with Crippen molar-refractivity contribution in [2.75, 3.05) is 7.11 Å². The number of phosphoric acid groups is 1. The summed E-state index contributed by atoms with van der Waals surface area (Å²) in [7, 11) is -3.20. The van der Waals surface area contributed by atoms with Gasteiger partial charge in [0.25, 0.3) is 5.79 Å². The third-order valence-corrected chi connectivity index (χ3v) is 8.03. The fraction of sp³-hybridized carbons (Fsp3) is 0.667. The number of ether oxygens (including phenoxy) is 1. The van der Waals surface area contributed by atoms with Gasteiger partial charge in [0.2, 0.25) is 0 Å². The molecule has 1 saturated heterocycles. The van der Waals surface area contributed by atoms with Crippen molar-refractivity contribution < 1.29 is 33.4 Å². The van der Waals surface area contributed by atoms with Crippen LogP contribution >= 0.6 is 31.0 Å². The van der Waals surface area contributed by atoms with Gasteiger partial charge in [-0.15, -0.1) is 11.6 Å². The molecule has 3 atom stereocenters. The van der Waals surface area contributed by atoms with Crippen LogP contribution in [0.1, 0.15) is 37.7 Å². The van der Waals surface area contributed by atoms with E-state index in [1.165, 1.54) is 19.2 Å². The molecule has 1 spiro atoms. The van der Waals surface area contributed by atoms with Crippen molar-refractivity contribution in [3.63, 3.8) is 0 Å². The highest BCUT2D eigenvalue weighted by molar-refractivity contribution is 7.46. The molecule has 1 heterocycles. The first-order valence-electron chi connectivity index (χ1n) is 9.26. The van der Waals surface area contributed by atoms with Gasteiger partial charge in [-0.2, -0.15) is 4.89 Å². The summed E-state index contributed by atoms with van der Waals surface area (Å²) < 4.78 is 21.9. The van der Waals surface area contributed by atoms with Gasteiger partial charge in [-0.25, -0.2) is 9.45 Å². The van der Waals surface area contributed by atoms with Crippen molar-refractivity contribution in [1.29, 1.82) is 0 Å². The van der Waals surface area contributed by atoms with Gasteiger partial charge in [-0.05, 0) is 68.1 Å². The van der Waals surface area contributed by atoms with Crippen LogP contribution in [-0.4, -0.2) is 27.4 Å². The normalized spacial score (nSPS) is 44.0. The van der Waals surface area contributed by atoms with E-state index >= 15 is 0 Å². The highest BCUT2D eigenvalue weighted by Crippen LogP contribution is 2.71. The summed E-state index contributed by atoms with van der Waals surface area (Å²) in [5.41, 5.74) is -0.200. The lowest BCUT2D eigenvalue weighted by Crippen LogP contribution is -2.78. The number of methoxy groups -OCH3 is 1. The molecule has 4 saturated carbocycles. The maximum atomic E-state index is 11.3. The standard InChI is InChI=1S/C18H21Cl2O7P/c1-24-18(11-4-14(19)6-15(5-11)25-28(21,22)23)17(26-27-18)12-2-10-3-13(17)9-16(20,7-10)8-12/h4-6,10,12-13H,2-3,7-9H2,1H3,(H2,21,22,23). The third kappa shape index (κ3) is 2.65. The lowest BCUT2D eigenvalue weighted by Gasteiger charge is -2.70. The first kappa shape index (κ1) is 19.6. The Hall–Kier alpha value is -0.370. The van der Waals surface area contributed by atoms with Gasteiger partial charge in [0.05, 0.1) is 0 Å². The van der Waals surface area contributed by atoms with E-state index in [2.05, 4.69) is 0 Å². The van der Waals surface area contributed by atoms with Gasteiger partial charge in [0.1, 0.15) is 5.75 Å². The van der Waals surface area contributed by atoms with Crippen LogP contribution in [0.5, 0.6) is 5.75 Å². The molecule has 3 unspecified atom stereocenters. The van der Waals surface area contributed by atoms with Crippen molar-refractivity contribution in [2.45, 2.75) is 48.4 Å². The molecule has 28 heavy (non-hydrogen) atoms. The Balaban J connectivity index is 1.58. The van der Waals surface area contributed by atoms with Crippen LogP contribution in [0.15, 0.2) is 18.2 Å². The van der Waals surface area contributed by atoms with Crippen LogP contribution in [0.3, 0.4) is 0 Å². The Morgan fingerprint density at radius 3 is 2.32 bits per heavy atom. The zero-order valence-electron chi connectivity index (χ0n) is 15.1. The topological polar surface area (TPSA) is 94.5 Å². The SMILES string of the molecule is COC1(c2cc(Cl)cc(OP(=O)(O)O)c2)OOC12C1CC3CC2CC(Cl)(C3)C1. The second-order valence-corrected chi connectivity index (χ2v) is 10.9. The molecule has 1 aliphatic heterocycles. The molecule has 6 rings (SSSR count). The number of phosphoric ester groups is 1. The van der Waals surface area contributed by atoms with Crippen LogP contribution < -0.4 is 4.52 Å². The molecule has 5 aliphatic rings. The molecule has 0 amide bonds. The largest absolute Gasteiger partial charge is 0.524 e. The number of benzene rings is 1. The van der Waals surface area contributed by atoms with Crippen LogP contribution in [-0.2, 0) is 24.9 Å². The Labute approximate surface area is 172 Å². The number of hydrogen-bond acceptors (Lipinski definition) is 5. The zero-order chi connectivity index (χ0) is 19.9. The molecule has 7 nitrogen and oxygen atoms in total. The lowest BCUT2D eigenvalue weighted by atomic mass is 9.46. The second-order valence-electron chi connectivity index (χ2n) is 8.53. The van der Waals surface area contributed by atoms with Gasteiger partial charge in [0, 0.05) is 22.6 Å². The van der Waals surface area contributed by atoms with Crippen LogP contribution in [0.2, 0.25) is 5.02 Å². The summed E-state index contributed by atoms with van der Waals surface area (Å²) in [5, 5.41) is 0.251. The minimum atomic E-state index is -4.74. The zero-order valence-corrected chi connectivity index (χ0v) is 17.5. The Bertz CT molecular complexity index is 853. The van der Waals surface area contributed by atoms with E-state index in [0.29, 0.717) is 11.5 Å². The highest BCUT2D eigenvalue weighted by atomic mass is 35.5. The molecule has 10 heteroatoms. The van der Waals surface area contributed by atoms with Gasteiger partial charge in [-0.1, -0.05) is 11.6 Å². The summed E-state index contributed by atoms with van der Waals surface area (Å²) in [6.45, 7) is 0. The number of hydrogen-bond donors (Lipinski definition) is 2. The molecule has 154 valence electrons. The van der Waals surface area contributed by atoms with E-state index in [0.717, 1.165) is 32.1 Å². The van der Waals surface area contributed by atoms with Gasteiger partial charge in [-0.3, -0.25) is 9.79 Å². The Morgan fingerprint density at radius 1 is 1.14 bits per heavy atom. The molecule has 1 aromatic rings. The van der Waals surface area contributed by atoms with Crippen molar-refractivity contribution in [2.24, 2.45) is 17.8 Å². The minimum Gasteiger partial charge on any atom is -0.404 e. The van der Waals surface area contributed by atoms with Gasteiger partial charge >= 0.3 is 7.82 Å². The van der Waals surface area contributed by atoms with E-state index in [4.69, 9.17) is 52.0 Å². The quantitative estimate of drug-likeness (QED) is 0.404. The summed E-state index contributed by atoms with van der Waals surface area (Å²) in [5.74, 6) is -0.395. The van der Waals surface area contributed by atoms with Crippen molar-refractivity contribution >= 4 is 31.0 Å².